The van der Waals surface area contributed by atoms with Crippen LogP contribution in [0.3, 0.4) is 0 Å². The molecule has 0 amide bonds. The molecular formula is C15H21ClFN3O8P+. The number of aromatic amines is 1. The average molecular weight is 457 g/mol. The fourth-order valence-corrected chi connectivity index (χ4v) is 3.52. The fraction of sp³-hybridized carbons (Fsp3) is 0.667. The Morgan fingerprint density at radius 1 is 1.52 bits per heavy atom. The van der Waals surface area contributed by atoms with E-state index >= 15 is 0 Å². The average Bonchev–Trinajstić information content (AvgIpc) is 2.82. The lowest BCUT2D eigenvalue weighted by Crippen LogP contribution is -2.42. The zero-order valence-corrected chi connectivity index (χ0v) is 17.4. The van der Waals surface area contributed by atoms with E-state index in [-0.39, 0.29) is 6.10 Å². The van der Waals surface area contributed by atoms with E-state index in [2.05, 4.69) is 5.09 Å². The van der Waals surface area contributed by atoms with Crippen molar-refractivity contribution >= 4 is 25.7 Å². The molecule has 14 heteroatoms. The Morgan fingerprint density at radius 2 is 2.17 bits per heavy atom. The molecule has 1 aliphatic heterocycles. The van der Waals surface area contributed by atoms with Crippen molar-refractivity contribution in [1.29, 1.82) is 0 Å². The van der Waals surface area contributed by atoms with Crippen LogP contribution in [0.1, 0.15) is 27.0 Å². The first-order chi connectivity index (χ1) is 13.4. The van der Waals surface area contributed by atoms with Gasteiger partial charge < -0.3 is 14.6 Å². The lowest BCUT2D eigenvalue weighted by atomic mass is 10.1. The SMILES string of the molecule is CC(C)OC(=O)[C@H](C)N[P+](=O)OC[C@H]1O[C@@H](n2ccc(=O)[nH]c2=O)[C@@](F)(Cl)[C@@H]1O. The van der Waals surface area contributed by atoms with Crippen LogP contribution in [0.4, 0.5) is 4.39 Å². The van der Waals surface area contributed by atoms with Gasteiger partial charge >= 0.3 is 19.8 Å². The van der Waals surface area contributed by atoms with Gasteiger partial charge in [-0.15, -0.1) is 4.52 Å². The molecule has 1 fully saturated rings. The van der Waals surface area contributed by atoms with Crippen molar-refractivity contribution in [3.63, 3.8) is 0 Å². The van der Waals surface area contributed by atoms with Crippen LogP contribution >= 0.6 is 19.8 Å². The van der Waals surface area contributed by atoms with Gasteiger partial charge in [0.25, 0.3) is 10.7 Å². The first kappa shape index (κ1) is 23.6. The van der Waals surface area contributed by atoms with Gasteiger partial charge in [-0.3, -0.25) is 19.1 Å². The van der Waals surface area contributed by atoms with Crippen LogP contribution in [0.25, 0.3) is 0 Å². The number of H-pyrrole nitrogens is 1. The predicted octanol–water partition coefficient (Wildman–Crippen LogP) is 0.303. The summed E-state index contributed by atoms with van der Waals surface area (Å²) in [6.07, 6.45) is -4.51. The number of hydrogen-bond donors (Lipinski definition) is 3. The summed E-state index contributed by atoms with van der Waals surface area (Å²) in [7, 11) is -2.60. The molecule has 0 bridgehead atoms. The largest absolute Gasteiger partial charge is 0.613 e. The van der Waals surface area contributed by atoms with E-state index in [0.29, 0.717) is 4.57 Å². The quantitative estimate of drug-likeness (QED) is 0.285. The number of halogens is 2. The molecule has 3 N–H and O–H groups in total. The minimum Gasteiger partial charge on any atom is -0.462 e. The smallest absolute Gasteiger partial charge is 0.462 e. The topological polar surface area (TPSA) is 149 Å². The van der Waals surface area contributed by atoms with Crippen LogP contribution in [0.5, 0.6) is 0 Å². The van der Waals surface area contributed by atoms with E-state index in [4.69, 9.17) is 25.6 Å². The Hall–Kier alpha value is -1.69. The highest BCUT2D eigenvalue weighted by Gasteiger charge is 2.58. The number of aliphatic hydroxyl groups excluding tert-OH is 1. The number of rotatable bonds is 8. The van der Waals surface area contributed by atoms with Gasteiger partial charge in [0.1, 0.15) is 24.9 Å². The van der Waals surface area contributed by atoms with Crippen molar-refractivity contribution in [3.05, 3.63) is 33.1 Å². The Morgan fingerprint density at radius 3 is 2.76 bits per heavy atom. The van der Waals surface area contributed by atoms with Crippen molar-refractivity contribution in [3.8, 4) is 0 Å². The monoisotopic (exact) mass is 456 g/mol. The lowest BCUT2D eigenvalue weighted by Gasteiger charge is -2.22. The molecule has 0 radical (unpaired) electrons. The number of aliphatic hydroxyl groups is 1. The molecule has 2 heterocycles. The molecule has 29 heavy (non-hydrogen) atoms. The molecule has 2 rings (SSSR count). The Balaban J connectivity index is 2.00. The van der Waals surface area contributed by atoms with E-state index in [9.17, 15) is 28.4 Å². The second-order valence-electron chi connectivity index (χ2n) is 6.55. The third-order valence-corrected chi connectivity index (χ3v) is 5.24. The molecular weight excluding hydrogens is 436 g/mol. The molecule has 0 saturated carbocycles. The van der Waals surface area contributed by atoms with E-state index < -0.39 is 61.6 Å². The fourth-order valence-electron chi connectivity index (χ4n) is 2.44. The van der Waals surface area contributed by atoms with Gasteiger partial charge in [0.05, 0.1) is 6.10 Å². The van der Waals surface area contributed by atoms with Crippen LogP contribution in [0.15, 0.2) is 21.9 Å². The zero-order valence-electron chi connectivity index (χ0n) is 15.7. The number of hydrogen-bond acceptors (Lipinski definition) is 8. The number of nitrogens with one attached hydrogen (secondary N) is 2. The second-order valence-corrected chi connectivity index (χ2v) is 8.16. The summed E-state index contributed by atoms with van der Waals surface area (Å²) in [6, 6.07) is 0.00281. The molecule has 6 atom stereocenters. The van der Waals surface area contributed by atoms with E-state index in [1.54, 1.807) is 13.8 Å². The summed E-state index contributed by atoms with van der Waals surface area (Å²) >= 11 is 5.72. The van der Waals surface area contributed by atoms with Gasteiger partial charge in [-0.25, -0.2) is 9.18 Å². The van der Waals surface area contributed by atoms with E-state index in [1.165, 1.54) is 6.92 Å². The molecule has 0 spiro atoms. The van der Waals surface area contributed by atoms with Crippen molar-refractivity contribution in [1.82, 2.24) is 14.6 Å². The third-order valence-electron chi connectivity index (χ3n) is 3.84. The molecule has 1 saturated heterocycles. The van der Waals surface area contributed by atoms with Crippen LogP contribution in [-0.2, 0) is 23.4 Å². The summed E-state index contributed by atoms with van der Waals surface area (Å²) < 4.78 is 42.6. The summed E-state index contributed by atoms with van der Waals surface area (Å²) in [5.41, 5.74) is -1.71. The number of carbonyl (C=O) groups is 1. The van der Waals surface area contributed by atoms with Crippen molar-refractivity contribution in [2.45, 2.75) is 56.5 Å². The lowest BCUT2D eigenvalue weighted by molar-refractivity contribution is -0.149. The molecule has 1 unspecified atom stereocenters. The first-order valence-corrected chi connectivity index (χ1v) is 10.1. The highest BCUT2D eigenvalue weighted by Crippen LogP contribution is 2.44. The highest BCUT2D eigenvalue weighted by molar-refractivity contribution is 7.36. The van der Waals surface area contributed by atoms with Gasteiger partial charge in [0.2, 0.25) is 0 Å². The molecule has 0 aliphatic carbocycles. The first-order valence-electron chi connectivity index (χ1n) is 8.53. The predicted molar refractivity (Wildman–Crippen MR) is 98.3 cm³/mol. The van der Waals surface area contributed by atoms with Crippen molar-refractivity contribution in [2.24, 2.45) is 0 Å². The molecule has 11 nitrogen and oxygen atoms in total. The van der Waals surface area contributed by atoms with E-state index in [0.717, 1.165) is 12.3 Å². The zero-order chi connectivity index (χ0) is 21.9. The van der Waals surface area contributed by atoms with Gasteiger partial charge in [-0.2, -0.15) is 0 Å². The summed E-state index contributed by atoms with van der Waals surface area (Å²) in [5, 5.41) is 9.52. The maximum absolute atomic E-state index is 14.8. The minimum absolute atomic E-state index is 0.359. The van der Waals surface area contributed by atoms with Crippen molar-refractivity contribution < 1.29 is 32.9 Å². The Bertz CT molecular complexity index is 876. The van der Waals surface area contributed by atoms with Crippen molar-refractivity contribution in [2.75, 3.05) is 6.61 Å². The molecule has 162 valence electrons. The number of carbonyl (C=O) groups excluding carboxylic acids is 1. The number of esters is 1. The van der Waals surface area contributed by atoms with Crippen LogP contribution in [-0.4, -0.2) is 56.7 Å². The summed E-state index contributed by atoms with van der Waals surface area (Å²) in [4.78, 5) is 36.6. The maximum atomic E-state index is 14.8. The van der Waals surface area contributed by atoms with Gasteiger partial charge in [0.15, 0.2) is 6.23 Å². The van der Waals surface area contributed by atoms with Crippen LogP contribution in [0, 0.1) is 0 Å². The number of aromatic nitrogens is 2. The molecule has 1 aliphatic rings. The summed E-state index contributed by atoms with van der Waals surface area (Å²) in [5.74, 6) is -0.648. The summed E-state index contributed by atoms with van der Waals surface area (Å²) in [6.45, 7) is 4.15. The highest BCUT2D eigenvalue weighted by atomic mass is 35.5. The Kier molecular flexibility index (Phi) is 7.66. The third kappa shape index (κ3) is 5.68. The molecule has 1 aromatic heterocycles. The molecule has 1 aromatic rings. The normalized spacial score (nSPS) is 28.4. The van der Waals surface area contributed by atoms with Crippen LogP contribution < -0.4 is 16.3 Å². The number of ether oxygens (including phenoxy) is 2. The van der Waals surface area contributed by atoms with E-state index in [1.807, 2.05) is 4.98 Å². The number of nitrogens with zero attached hydrogens (tertiary/aromatic N) is 1. The second kappa shape index (κ2) is 9.41. The van der Waals surface area contributed by atoms with Gasteiger partial charge in [-0.05, 0) is 25.3 Å². The van der Waals surface area contributed by atoms with Gasteiger partial charge in [-0.1, -0.05) is 16.7 Å². The maximum Gasteiger partial charge on any atom is 0.613 e. The molecule has 0 aromatic carbocycles. The number of alkyl halides is 2. The Labute approximate surface area is 170 Å². The standard InChI is InChI=1S/C15H20ClFN3O8P/c1-7(2)27-12(23)8(3)19-29(25)26-6-9-11(22)15(16,17)13(28-9)20-5-4-10(21)18-14(20)24/h4-5,7-9,11,13,22H,6H2,1-3H3,(H-,18,19,21,24,25)/p+1/t8-,9+,11+,13+,15+/m0/s1. The van der Waals surface area contributed by atoms with Crippen LogP contribution in [0.2, 0.25) is 0 Å². The minimum atomic E-state index is -2.93. The van der Waals surface area contributed by atoms with Gasteiger partial charge in [0, 0.05) is 12.3 Å².